The minimum atomic E-state index is -0.570. The second kappa shape index (κ2) is 15.1. The van der Waals surface area contributed by atoms with Crippen molar-refractivity contribution in [2.75, 3.05) is 0 Å². The van der Waals surface area contributed by atoms with E-state index in [4.69, 9.17) is 9.47 Å². The third kappa shape index (κ3) is 7.63. The van der Waals surface area contributed by atoms with Crippen LogP contribution in [-0.2, 0) is 0 Å². The van der Waals surface area contributed by atoms with Gasteiger partial charge in [-0.2, -0.15) is 0 Å². The molecule has 4 rings (SSSR count). The van der Waals surface area contributed by atoms with E-state index < -0.39 is 21.4 Å². The first-order valence-corrected chi connectivity index (χ1v) is 16.9. The van der Waals surface area contributed by atoms with E-state index in [1.165, 1.54) is 24.3 Å². The molecule has 0 saturated heterocycles. The first-order chi connectivity index (χ1) is 21.0. The predicted octanol–water partition coefficient (Wildman–Crippen LogP) is 9.47. The molecule has 2 aromatic carbocycles. The second-order valence-electron chi connectivity index (χ2n) is 11.2. The third-order valence-electron chi connectivity index (χ3n) is 7.63. The number of rotatable bonds is 16. The minimum Gasteiger partial charge on any atom is -0.484 e. The summed E-state index contributed by atoms with van der Waals surface area (Å²) in [5, 5.41) is 23.8. The van der Waals surface area contributed by atoms with Crippen molar-refractivity contribution in [3.05, 3.63) is 65.4 Å². The summed E-state index contributed by atoms with van der Waals surface area (Å²) in [6.45, 7) is 7.98. The van der Waals surface area contributed by atoms with Gasteiger partial charge in [0.1, 0.15) is 0 Å². The van der Waals surface area contributed by atoms with Gasteiger partial charge in [0, 0.05) is 45.2 Å². The maximum atomic E-state index is 13.5. The maximum absolute atomic E-state index is 13.5. The molecule has 44 heavy (non-hydrogen) atoms. The van der Waals surface area contributed by atoms with Gasteiger partial charge in [0.15, 0.2) is 11.5 Å². The highest BCUT2D eigenvalue weighted by Crippen LogP contribution is 2.53. The standard InChI is InChI=1S/C32H38N2O8S2/c1-5-7-9-11-13-19(3)41-25-17-27-21(15-23(25)33(37)38)29(35)31(43-27)32-30(36)22-16-24(34(39)40)26(18-28(22)44-32)42-20(4)14-12-10-8-6-2/h15-20H,5-14H2,1-4H3/b32-31+/t19-,20-/m1/s1. The van der Waals surface area contributed by atoms with Gasteiger partial charge in [-0.25, -0.2) is 0 Å². The number of Topliss-reactive ketones (excluding diaryl/α,β-unsaturated/α-hetero) is 2. The van der Waals surface area contributed by atoms with Crippen LogP contribution in [0.3, 0.4) is 0 Å². The Hall–Kier alpha value is -3.38. The van der Waals surface area contributed by atoms with Gasteiger partial charge in [0.25, 0.3) is 0 Å². The Kier molecular flexibility index (Phi) is 11.5. The zero-order valence-electron chi connectivity index (χ0n) is 25.5. The Labute approximate surface area is 265 Å². The molecule has 0 saturated carbocycles. The number of nitro groups is 2. The molecule has 0 aliphatic carbocycles. The van der Waals surface area contributed by atoms with Crippen LogP contribution in [0.15, 0.2) is 43.9 Å². The molecule has 0 N–H and O–H groups in total. The second-order valence-corrected chi connectivity index (χ2v) is 13.3. The van der Waals surface area contributed by atoms with E-state index in [2.05, 4.69) is 13.8 Å². The lowest BCUT2D eigenvalue weighted by atomic mass is 10.1. The third-order valence-corrected chi connectivity index (χ3v) is 10.1. The minimum absolute atomic E-state index is 0.0817. The van der Waals surface area contributed by atoms with E-state index >= 15 is 0 Å². The molecular weight excluding hydrogens is 604 g/mol. The Morgan fingerprint density at radius 1 is 0.659 bits per heavy atom. The summed E-state index contributed by atoms with van der Waals surface area (Å²) < 4.78 is 11.9. The van der Waals surface area contributed by atoms with Gasteiger partial charge < -0.3 is 9.47 Å². The van der Waals surface area contributed by atoms with E-state index in [9.17, 15) is 29.8 Å². The molecule has 0 aromatic heterocycles. The molecule has 0 radical (unpaired) electrons. The van der Waals surface area contributed by atoms with Crippen molar-refractivity contribution in [2.24, 2.45) is 0 Å². The molecule has 0 bridgehead atoms. The number of fused-ring (bicyclic) bond motifs is 2. The molecule has 0 spiro atoms. The molecule has 2 aromatic rings. The van der Waals surface area contributed by atoms with Gasteiger partial charge in [-0.3, -0.25) is 29.8 Å². The van der Waals surface area contributed by atoms with Crippen molar-refractivity contribution in [3.8, 4) is 11.5 Å². The summed E-state index contributed by atoms with van der Waals surface area (Å²) in [6.07, 6.45) is 9.41. The molecule has 0 unspecified atom stereocenters. The molecule has 2 heterocycles. The van der Waals surface area contributed by atoms with E-state index in [0.29, 0.717) is 9.79 Å². The van der Waals surface area contributed by atoms with Crippen molar-refractivity contribution in [1.29, 1.82) is 0 Å². The number of nitro benzene ring substituents is 2. The SMILES string of the molecule is CCCCCC[C@@H](C)Oc1cc2c(cc1[N+](=O)[O-])C(=O)/C(=C1\Sc3cc(O[C@H](C)CCCCCC)c([N+](=O)[O-])cc3C1=O)S2. The Morgan fingerprint density at radius 3 is 1.39 bits per heavy atom. The van der Waals surface area contributed by atoms with Crippen molar-refractivity contribution in [3.63, 3.8) is 0 Å². The summed E-state index contributed by atoms with van der Waals surface area (Å²) in [7, 11) is 0. The molecule has 0 fully saturated rings. The van der Waals surface area contributed by atoms with Crippen molar-refractivity contribution in [1.82, 2.24) is 0 Å². The van der Waals surface area contributed by atoms with E-state index in [0.717, 1.165) is 87.7 Å². The molecule has 236 valence electrons. The number of nitrogens with zero attached hydrogens (tertiary/aromatic N) is 2. The molecular formula is C32H38N2O8S2. The number of allylic oxidation sites excluding steroid dienone is 2. The number of carbonyl (C=O) groups excluding carboxylic acids is 2. The van der Waals surface area contributed by atoms with Crippen LogP contribution >= 0.6 is 23.5 Å². The van der Waals surface area contributed by atoms with E-state index in [1.54, 1.807) is 0 Å². The highest BCUT2D eigenvalue weighted by molar-refractivity contribution is 8.08. The first-order valence-electron chi connectivity index (χ1n) is 15.2. The Balaban J connectivity index is 1.58. The fourth-order valence-corrected chi connectivity index (χ4v) is 7.54. The number of benzene rings is 2. The van der Waals surface area contributed by atoms with Crippen LogP contribution < -0.4 is 9.47 Å². The number of ether oxygens (including phenoxy) is 2. The number of carbonyl (C=O) groups is 2. The summed E-state index contributed by atoms with van der Waals surface area (Å²) in [6, 6.07) is 5.44. The van der Waals surface area contributed by atoms with E-state index in [1.807, 2.05) is 13.8 Å². The summed E-state index contributed by atoms with van der Waals surface area (Å²) >= 11 is 2.12. The van der Waals surface area contributed by atoms with Crippen LogP contribution in [0.1, 0.15) is 113 Å². The zero-order chi connectivity index (χ0) is 32.0. The zero-order valence-corrected chi connectivity index (χ0v) is 27.1. The van der Waals surface area contributed by atoms with Gasteiger partial charge in [-0.05, 0) is 39.5 Å². The monoisotopic (exact) mass is 642 g/mol. The van der Waals surface area contributed by atoms with Gasteiger partial charge in [-0.1, -0.05) is 75.9 Å². The Morgan fingerprint density at radius 2 is 1.05 bits per heavy atom. The largest absolute Gasteiger partial charge is 0.484 e. The van der Waals surface area contributed by atoms with Crippen LogP contribution in [0.25, 0.3) is 0 Å². The molecule has 12 heteroatoms. The van der Waals surface area contributed by atoms with Crippen molar-refractivity contribution >= 4 is 46.5 Å². The van der Waals surface area contributed by atoms with Crippen molar-refractivity contribution < 1.29 is 28.9 Å². The molecule has 0 amide bonds. The smallest absolute Gasteiger partial charge is 0.311 e. The van der Waals surface area contributed by atoms with Gasteiger partial charge in [0.2, 0.25) is 11.6 Å². The molecule has 2 aliphatic heterocycles. The fourth-order valence-electron chi connectivity index (χ4n) is 5.22. The summed E-state index contributed by atoms with van der Waals surface area (Å²) in [5.74, 6) is -0.832. The van der Waals surface area contributed by atoms with Crippen LogP contribution in [-0.4, -0.2) is 33.6 Å². The molecule has 10 nitrogen and oxygen atoms in total. The fraction of sp³-hybridized carbons (Fsp3) is 0.500. The number of ketones is 2. The lowest BCUT2D eigenvalue weighted by molar-refractivity contribution is -0.386. The highest BCUT2D eigenvalue weighted by atomic mass is 32.2. The van der Waals surface area contributed by atoms with Gasteiger partial charge in [0.05, 0.1) is 31.9 Å². The first kappa shape index (κ1) is 33.5. The summed E-state index contributed by atoms with van der Waals surface area (Å²) in [5.41, 5.74) is -0.356. The highest BCUT2D eigenvalue weighted by Gasteiger charge is 2.39. The lowest BCUT2D eigenvalue weighted by Gasteiger charge is -2.15. The quantitative estimate of drug-likeness (QED) is 0.0752. The van der Waals surface area contributed by atoms with Gasteiger partial charge >= 0.3 is 11.4 Å². The molecule has 2 aliphatic rings. The number of thioether (sulfide) groups is 2. The number of unbranched alkanes of at least 4 members (excludes halogenated alkanes) is 6. The van der Waals surface area contributed by atoms with E-state index in [-0.39, 0.29) is 56.0 Å². The topological polar surface area (TPSA) is 139 Å². The summed E-state index contributed by atoms with van der Waals surface area (Å²) in [4.78, 5) is 50.8. The van der Waals surface area contributed by atoms with Gasteiger partial charge in [-0.15, -0.1) is 0 Å². The van der Waals surface area contributed by atoms with Crippen LogP contribution in [0, 0.1) is 20.2 Å². The average molecular weight is 643 g/mol. The van der Waals surface area contributed by atoms with Crippen molar-refractivity contribution in [2.45, 2.75) is 114 Å². The predicted molar refractivity (Wildman–Crippen MR) is 171 cm³/mol. The number of hydrogen-bond donors (Lipinski definition) is 0. The number of hydrogen-bond acceptors (Lipinski definition) is 10. The van der Waals surface area contributed by atoms with Crippen LogP contribution in [0.5, 0.6) is 11.5 Å². The lowest BCUT2D eigenvalue weighted by Crippen LogP contribution is -2.13. The molecule has 2 atom stereocenters. The van der Waals surface area contributed by atoms with Crippen LogP contribution in [0.2, 0.25) is 0 Å². The van der Waals surface area contributed by atoms with Crippen LogP contribution in [0.4, 0.5) is 11.4 Å². The maximum Gasteiger partial charge on any atom is 0.311 e. The normalized spacial score (nSPS) is 16.9. The Bertz CT molecular complexity index is 1380. The average Bonchev–Trinajstić information content (AvgIpc) is 3.47.